The lowest BCUT2D eigenvalue weighted by Crippen LogP contribution is -1.78. The molecule has 76 valence electrons. The number of hydrogen-bond acceptors (Lipinski definition) is 2. The first-order valence-corrected chi connectivity index (χ1v) is 4.97. The monoisotopic (exact) mass is 240 g/mol. The van der Waals surface area contributed by atoms with Gasteiger partial charge >= 0.3 is 0 Å². The van der Waals surface area contributed by atoms with E-state index in [2.05, 4.69) is 0 Å². The lowest BCUT2D eigenvalue weighted by Gasteiger charge is -2.02. The zero-order valence-corrected chi connectivity index (χ0v) is 9.05. The molecule has 0 spiro atoms. The van der Waals surface area contributed by atoms with Crippen LogP contribution in [0.5, 0.6) is 0 Å². The first kappa shape index (κ1) is 10.3. The van der Waals surface area contributed by atoms with Crippen LogP contribution in [0.3, 0.4) is 0 Å². The molecule has 0 aliphatic carbocycles. The normalized spacial score (nSPS) is 10.3. The maximum Gasteiger partial charge on any atom is 0.185 e. The summed E-state index contributed by atoms with van der Waals surface area (Å²) in [6.07, 6.45) is 0.633. The number of carbonyl (C=O) groups is 1. The van der Waals surface area contributed by atoms with Crippen molar-refractivity contribution < 1.29 is 9.21 Å². The molecule has 0 aliphatic heterocycles. The first-order chi connectivity index (χ1) is 7.22. The summed E-state index contributed by atoms with van der Waals surface area (Å²) in [5, 5.41) is 0.989. The summed E-state index contributed by atoms with van der Waals surface area (Å²) in [6, 6.07) is 8.41. The smallest absolute Gasteiger partial charge is 0.185 e. The van der Waals surface area contributed by atoms with Gasteiger partial charge in [-0.3, -0.25) is 4.79 Å². The van der Waals surface area contributed by atoms with E-state index in [0.29, 0.717) is 27.7 Å². The van der Waals surface area contributed by atoms with E-state index >= 15 is 0 Å². The van der Waals surface area contributed by atoms with E-state index in [1.807, 2.05) is 0 Å². The molecule has 1 aromatic heterocycles. The Balaban J connectivity index is 2.58. The SMILES string of the molecule is O=Cc1ccc(-c2c(Cl)cccc2Cl)o1. The van der Waals surface area contributed by atoms with Gasteiger partial charge in [0.25, 0.3) is 0 Å². The molecule has 1 aromatic carbocycles. The van der Waals surface area contributed by atoms with Crippen molar-refractivity contribution in [2.75, 3.05) is 0 Å². The van der Waals surface area contributed by atoms with E-state index in [1.165, 1.54) is 0 Å². The van der Waals surface area contributed by atoms with Crippen molar-refractivity contribution in [3.05, 3.63) is 46.1 Å². The van der Waals surface area contributed by atoms with Crippen LogP contribution in [0.2, 0.25) is 10.0 Å². The summed E-state index contributed by atoms with van der Waals surface area (Å²) in [6.45, 7) is 0. The summed E-state index contributed by atoms with van der Waals surface area (Å²) in [5.41, 5.74) is 0.605. The van der Waals surface area contributed by atoms with E-state index < -0.39 is 0 Å². The van der Waals surface area contributed by atoms with Gasteiger partial charge in [0.15, 0.2) is 12.0 Å². The molecule has 2 aromatic rings. The van der Waals surface area contributed by atoms with Crippen LogP contribution in [0.15, 0.2) is 34.7 Å². The lowest BCUT2D eigenvalue weighted by atomic mass is 10.2. The number of carbonyl (C=O) groups excluding carboxylic acids is 1. The highest BCUT2D eigenvalue weighted by molar-refractivity contribution is 6.39. The molecule has 0 saturated carbocycles. The van der Waals surface area contributed by atoms with Gasteiger partial charge in [0.05, 0.1) is 15.6 Å². The fraction of sp³-hybridized carbons (Fsp3) is 0. The number of furan rings is 1. The predicted octanol–water partition coefficient (Wildman–Crippen LogP) is 4.07. The highest BCUT2D eigenvalue weighted by Gasteiger charge is 2.11. The minimum Gasteiger partial charge on any atom is -0.453 e. The summed E-state index contributed by atoms with van der Waals surface area (Å²) in [5.74, 6) is 0.744. The third-order valence-corrected chi connectivity index (χ3v) is 2.58. The quantitative estimate of drug-likeness (QED) is 0.742. The van der Waals surface area contributed by atoms with Crippen molar-refractivity contribution >= 4 is 29.5 Å². The largest absolute Gasteiger partial charge is 0.453 e. The molecular weight excluding hydrogens is 235 g/mol. The molecule has 0 bridgehead atoms. The number of rotatable bonds is 2. The number of hydrogen-bond donors (Lipinski definition) is 0. The van der Waals surface area contributed by atoms with Crippen LogP contribution in [0.1, 0.15) is 10.6 Å². The van der Waals surface area contributed by atoms with Gasteiger partial charge in [-0.2, -0.15) is 0 Å². The molecular formula is C11H6Cl2O2. The van der Waals surface area contributed by atoms with Crippen molar-refractivity contribution in [3.63, 3.8) is 0 Å². The first-order valence-electron chi connectivity index (χ1n) is 4.22. The van der Waals surface area contributed by atoms with E-state index in [9.17, 15) is 4.79 Å². The Morgan fingerprint density at radius 3 is 2.27 bits per heavy atom. The lowest BCUT2D eigenvalue weighted by molar-refractivity contribution is 0.110. The van der Waals surface area contributed by atoms with Crippen molar-refractivity contribution in [2.45, 2.75) is 0 Å². The maximum absolute atomic E-state index is 10.5. The Hall–Kier alpha value is -1.25. The average molecular weight is 241 g/mol. The highest BCUT2D eigenvalue weighted by Crippen LogP contribution is 2.35. The predicted molar refractivity (Wildman–Crippen MR) is 59.6 cm³/mol. The Morgan fingerprint density at radius 2 is 1.73 bits per heavy atom. The number of aldehydes is 1. The van der Waals surface area contributed by atoms with Crippen LogP contribution in [0.25, 0.3) is 11.3 Å². The maximum atomic E-state index is 10.5. The Morgan fingerprint density at radius 1 is 1.07 bits per heavy atom. The van der Waals surface area contributed by atoms with E-state index in [0.717, 1.165) is 0 Å². The van der Waals surface area contributed by atoms with Crippen LogP contribution < -0.4 is 0 Å². The Labute approximate surface area is 96.4 Å². The Kier molecular flexibility index (Phi) is 2.80. The molecule has 15 heavy (non-hydrogen) atoms. The number of benzene rings is 1. The highest BCUT2D eigenvalue weighted by atomic mass is 35.5. The topological polar surface area (TPSA) is 30.2 Å². The second kappa shape index (κ2) is 4.09. The fourth-order valence-corrected chi connectivity index (χ4v) is 1.87. The fourth-order valence-electron chi connectivity index (χ4n) is 1.28. The molecule has 4 heteroatoms. The minimum atomic E-state index is 0.251. The Bertz CT molecular complexity index is 483. The molecule has 2 nitrogen and oxygen atoms in total. The van der Waals surface area contributed by atoms with Crippen molar-refractivity contribution in [2.24, 2.45) is 0 Å². The van der Waals surface area contributed by atoms with Crippen LogP contribution in [0, 0.1) is 0 Å². The molecule has 0 N–H and O–H groups in total. The van der Waals surface area contributed by atoms with Gasteiger partial charge < -0.3 is 4.42 Å². The summed E-state index contributed by atoms with van der Waals surface area (Å²) < 4.78 is 5.24. The van der Waals surface area contributed by atoms with Gasteiger partial charge in [0.2, 0.25) is 0 Å². The third kappa shape index (κ3) is 1.91. The molecule has 0 atom stereocenters. The molecule has 0 aliphatic rings. The van der Waals surface area contributed by atoms with Crippen molar-refractivity contribution in [3.8, 4) is 11.3 Å². The van der Waals surface area contributed by atoms with Gasteiger partial charge in [-0.1, -0.05) is 29.3 Å². The molecule has 0 radical (unpaired) electrons. The van der Waals surface area contributed by atoms with Crippen LogP contribution in [-0.4, -0.2) is 6.29 Å². The zero-order valence-electron chi connectivity index (χ0n) is 7.54. The summed E-state index contributed by atoms with van der Waals surface area (Å²) in [7, 11) is 0. The summed E-state index contributed by atoms with van der Waals surface area (Å²) >= 11 is 12.0. The summed E-state index contributed by atoms with van der Waals surface area (Å²) in [4.78, 5) is 10.5. The van der Waals surface area contributed by atoms with Gasteiger partial charge in [-0.25, -0.2) is 0 Å². The molecule has 1 heterocycles. The molecule has 0 saturated heterocycles. The van der Waals surface area contributed by atoms with Crippen LogP contribution >= 0.6 is 23.2 Å². The van der Waals surface area contributed by atoms with Gasteiger partial charge in [-0.15, -0.1) is 0 Å². The van der Waals surface area contributed by atoms with E-state index in [1.54, 1.807) is 30.3 Å². The van der Waals surface area contributed by atoms with Gasteiger partial charge in [-0.05, 0) is 24.3 Å². The molecule has 0 unspecified atom stereocenters. The minimum absolute atomic E-state index is 0.251. The third-order valence-electron chi connectivity index (χ3n) is 1.95. The van der Waals surface area contributed by atoms with Crippen molar-refractivity contribution in [1.29, 1.82) is 0 Å². The average Bonchev–Trinajstić information content (AvgIpc) is 2.66. The molecule has 2 rings (SSSR count). The second-order valence-corrected chi connectivity index (χ2v) is 3.73. The van der Waals surface area contributed by atoms with Crippen LogP contribution in [0.4, 0.5) is 0 Å². The standard InChI is InChI=1S/C11H6Cl2O2/c12-8-2-1-3-9(13)11(8)10-5-4-7(6-14)15-10/h1-6H. The molecule has 0 amide bonds. The van der Waals surface area contributed by atoms with Gasteiger partial charge in [0, 0.05) is 0 Å². The zero-order chi connectivity index (χ0) is 10.8. The van der Waals surface area contributed by atoms with Crippen molar-refractivity contribution in [1.82, 2.24) is 0 Å². The van der Waals surface area contributed by atoms with E-state index in [-0.39, 0.29) is 5.76 Å². The van der Waals surface area contributed by atoms with Crippen LogP contribution in [-0.2, 0) is 0 Å². The molecule has 0 fully saturated rings. The van der Waals surface area contributed by atoms with Gasteiger partial charge in [0.1, 0.15) is 5.76 Å². The van der Waals surface area contributed by atoms with E-state index in [4.69, 9.17) is 27.6 Å². The number of halogens is 2. The second-order valence-electron chi connectivity index (χ2n) is 2.92.